The van der Waals surface area contributed by atoms with Crippen LogP contribution in [0.4, 0.5) is 4.39 Å². The third-order valence-corrected chi connectivity index (χ3v) is 4.47. The number of hydrogen-bond donors (Lipinski definition) is 1. The van der Waals surface area contributed by atoms with Crippen molar-refractivity contribution >= 4 is 28.5 Å². The highest BCUT2D eigenvalue weighted by atomic mass is 32.1. The van der Waals surface area contributed by atoms with Gasteiger partial charge in [-0.15, -0.1) is 11.3 Å². The molecule has 0 bridgehead atoms. The van der Waals surface area contributed by atoms with Crippen molar-refractivity contribution in [3.8, 4) is 5.75 Å². The average molecular weight is 308 g/mol. The van der Waals surface area contributed by atoms with Crippen molar-refractivity contribution in [3.05, 3.63) is 45.7 Å². The highest BCUT2D eigenvalue weighted by Gasteiger charge is 2.30. The molecule has 1 aliphatic carbocycles. The summed E-state index contributed by atoms with van der Waals surface area (Å²) in [5.74, 6) is 0.840. The fourth-order valence-electron chi connectivity index (χ4n) is 1.93. The first kappa shape index (κ1) is 13.5. The van der Waals surface area contributed by atoms with Crippen molar-refractivity contribution in [2.45, 2.75) is 25.4 Å². The van der Waals surface area contributed by atoms with Crippen molar-refractivity contribution in [1.82, 2.24) is 4.98 Å². The van der Waals surface area contributed by atoms with Crippen LogP contribution in [0.2, 0.25) is 0 Å². The number of nitrogens with two attached hydrogens (primary N) is 1. The molecule has 2 aromatic rings. The fourth-order valence-corrected chi connectivity index (χ4v) is 3.07. The van der Waals surface area contributed by atoms with E-state index in [2.05, 4.69) is 4.98 Å². The smallest absolute Gasteiger partial charge is 0.140 e. The Morgan fingerprint density at radius 2 is 2.10 bits per heavy atom. The lowest BCUT2D eigenvalue weighted by Crippen LogP contribution is -2.09. The standard InChI is InChI=1S/C14H13FN2OS2/c15-9-3-5-10(6-4-9)18-7-11-17-12(8-1-2-8)13(20-11)14(16)19/h3-6,8H,1-2,7H2,(H2,16,19). The second kappa shape index (κ2) is 5.46. The molecule has 0 saturated heterocycles. The number of thiocarbonyl (C=S) groups is 1. The third-order valence-electron chi connectivity index (χ3n) is 3.06. The van der Waals surface area contributed by atoms with Crippen molar-refractivity contribution in [2.75, 3.05) is 0 Å². The molecule has 1 aliphatic rings. The Balaban J connectivity index is 1.72. The van der Waals surface area contributed by atoms with E-state index in [9.17, 15) is 4.39 Å². The first-order valence-corrected chi connectivity index (χ1v) is 7.53. The molecule has 1 saturated carbocycles. The number of hydrogen-bond acceptors (Lipinski definition) is 4. The van der Waals surface area contributed by atoms with Gasteiger partial charge in [0.25, 0.3) is 0 Å². The lowest BCUT2D eigenvalue weighted by Gasteiger charge is -2.03. The maximum atomic E-state index is 12.8. The summed E-state index contributed by atoms with van der Waals surface area (Å²) in [6.07, 6.45) is 2.30. The Labute approximate surface area is 125 Å². The van der Waals surface area contributed by atoms with Gasteiger partial charge in [-0.2, -0.15) is 0 Å². The second-order valence-electron chi connectivity index (χ2n) is 4.70. The Morgan fingerprint density at radius 1 is 1.40 bits per heavy atom. The van der Waals surface area contributed by atoms with Gasteiger partial charge in [-0.25, -0.2) is 9.37 Å². The van der Waals surface area contributed by atoms with Crippen LogP contribution in [-0.2, 0) is 6.61 Å². The van der Waals surface area contributed by atoms with Gasteiger partial charge in [0, 0.05) is 5.92 Å². The maximum Gasteiger partial charge on any atom is 0.140 e. The summed E-state index contributed by atoms with van der Waals surface area (Å²) in [6.45, 7) is 0.346. The number of aromatic nitrogens is 1. The van der Waals surface area contributed by atoms with Crippen LogP contribution in [0.25, 0.3) is 0 Å². The van der Waals surface area contributed by atoms with E-state index in [1.165, 1.54) is 23.5 Å². The van der Waals surface area contributed by atoms with Gasteiger partial charge in [0.2, 0.25) is 0 Å². The minimum absolute atomic E-state index is 0.279. The van der Waals surface area contributed by atoms with Gasteiger partial charge in [-0.1, -0.05) is 12.2 Å². The summed E-state index contributed by atoms with van der Waals surface area (Å²) in [5, 5.41) is 0.846. The molecule has 1 aromatic carbocycles. The summed E-state index contributed by atoms with van der Waals surface area (Å²) in [6, 6.07) is 5.93. The number of benzene rings is 1. The summed E-state index contributed by atoms with van der Waals surface area (Å²) in [4.78, 5) is 5.88. The van der Waals surface area contributed by atoms with Crippen LogP contribution >= 0.6 is 23.6 Å². The molecule has 0 radical (unpaired) electrons. The largest absolute Gasteiger partial charge is 0.486 e. The van der Waals surface area contributed by atoms with Crippen molar-refractivity contribution < 1.29 is 9.13 Å². The predicted octanol–water partition coefficient (Wildman–Crippen LogP) is 3.37. The molecule has 6 heteroatoms. The Morgan fingerprint density at radius 3 is 2.70 bits per heavy atom. The van der Waals surface area contributed by atoms with Crippen LogP contribution in [0, 0.1) is 5.82 Å². The van der Waals surface area contributed by atoms with Crippen LogP contribution in [0.3, 0.4) is 0 Å². The van der Waals surface area contributed by atoms with Gasteiger partial charge in [0.1, 0.15) is 28.2 Å². The van der Waals surface area contributed by atoms with E-state index >= 15 is 0 Å². The van der Waals surface area contributed by atoms with Crippen LogP contribution in [0.15, 0.2) is 24.3 Å². The zero-order valence-corrected chi connectivity index (χ0v) is 12.3. The Hall–Kier alpha value is -1.53. The molecule has 104 valence electrons. The number of nitrogens with zero attached hydrogens (tertiary/aromatic N) is 1. The van der Waals surface area contributed by atoms with E-state index < -0.39 is 0 Å². The molecule has 0 spiro atoms. The summed E-state index contributed by atoms with van der Waals surface area (Å²) < 4.78 is 18.4. The first-order valence-electron chi connectivity index (χ1n) is 6.31. The minimum Gasteiger partial charge on any atom is -0.486 e. The maximum absolute atomic E-state index is 12.8. The van der Waals surface area contributed by atoms with Crippen LogP contribution in [0.5, 0.6) is 5.75 Å². The summed E-state index contributed by atoms with van der Waals surface area (Å²) in [7, 11) is 0. The third kappa shape index (κ3) is 2.96. The molecular weight excluding hydrogens is 295 g/mol. The van der Waals surface area contributed by atoms with E-state index in [0.717, 1.165) is 28.4 Å². The van der Waals surface area contributed by atoms with Gasteiger partial charge in [0.05, 0.1) is 10.6 Å². The highest BCUT2D eigenvalue weighted by Crippen LogP contribution is 2.42. The molecule has 0 amide bonds. The predicted molar refractivity (Wildman–Crippen MR) is 80.7 cm³/mol. The normalized spacial score (nSPS) is 14.2. The van der Waals surface area contributed by atoms with Crippen molar-refractivity contribution in [3.63, 3.8) is 0 Å². The van der Waals surface area contributed by atoms with E-state index in [1.54, 1.807) is 12.1 Å². The van der Waals surface area contributed by atoms with Gasteiger partial charge in [-0.3, -0.25) is 0 Å². The molecule has 0 atom stereocenters. The molecule has 3 nitrogen and oxygen atoms in total. The molecule has 0 unspecified atom stereocenters. The molecule has 1 heterocycles. The molecule has 1 fully saturated rings. The van der Waals surface area contributed by atoms with Crippen molar-refractivity contribution in [2.24, 2.45) is 5.73 Å². The zero-order valence-electron chi connectivity index (χ0n) is 10.6. The number of ether oxygens (including phenoxy) is 1. The number of halogens is 1. The molecule has 3 rings (SSSR count). The molecule has 20 heavy (non-hydrogen) atoms. The quantitative estimate of drug-likeness (QED) is 0.860. The molecule has 0 aliphatic heterocycles. The van der Waals surface area contributed by atoms with Crippen LogP contribution in [-0.4, -0.2) is 9.97 Å². The van der Waals surface area contributed by atoms with Crippen molar-refractivity contribution in [1.29, 1.82) is 0 Å². The lowest BCUT2D eigenvalue weighted by molar-refractivity contribution is 0.305. The zero-order chi connectivity index (χ0) is 14.1. The Bertz CT molecular complexity index is 635. The minimum atomic E-state index is -0.279. The second-order valence-corrected chi connectivity index (χ2v) is 6.23. The van der Waals surface area contributed by atoms with E-state index in [1.807, 2.05) is 0 Å². The van der Waals surface area contributed by atoms with E-state index in [0.29, 0.717) is 23.3 Å². The van der Waals surface area contributed by atoms with E-state index in [-0.39, 0.29) is 5.82 Å². The van der Waals surface area contributed by atoms with Gasteiger partial charge < -0.3 is 10.5 Å². The first-order chi connectivity index (χ1) is 9.63. The van der Waals surface area contributed by atoms with Gasteiger partial charge in [-0.05, 0) is 37.1 Å². The van der Waals surface area contributed by atoms with Crippen LogP contribution in [0.1, 0.15) is 34.3 Å². The summed E-state index contributed by atoms with van der Waals surface area (Å²) >= 11 is 6.55. The SMILES string of the molecule is NC(=S)c1sc(COc2ccc(F)cc2)nc1C1CC1. The monoisotopic (exact) mass is 308 g/mol. The Kier molecular flexibility index (Phi) is 3.67. The molecule has 1 aromatic heterocycles. The van der Waals surface area contributed by atoms with E-state index in [4.69, 9.17) is 22.7 Å². The molecular formula is C14H13FN2OS2. The average Bonchev–Trinajstić information content (AvgIpc) is 3.18. The number of rotatable bonds is 5. The summed E-state index contributed by atoms with van der Waals surface area (Å²) in [5.41, 5.74) is 6.75. The van der Waals surface area contributed by atoms with Gasteiger partial charge >= 0.3 is 0 Å². The van der Waals surface area contributed by atoms with Crippen LogP contribution < -0.4 is 10.5 Å². The molecule has 2 N–H and O–H groups in total. The topological polar surface area (TPSA) is 48.1 Å². The lowest BCUT2D eigenvalue weighted by atomic mass is 10.2. The highest BCUT2D eigenvalue weighted by molar-refractivity contribution is 7.81. The number of thiazole rings is 1. The van der Waals surface area contributed by atoms with Gasteiger partial charge in [0.15, 0.2) is 0 Å². The fraction of sp³-hybridized carbons (Fsp3) is 0.286.